The van der Waals surface area contributed by atoms with E-state index in [0.717, 1.165) is 6.42 Å². The van der Waals surface area contributed by atoms with Gasteiger partial charge in [-0.1, -0.05) is 13.8 Å². The normalized spacial score (nSPS) is 36.1. The number of Topliss-reactive ketones (excluding diaryl/α,β-unsaturated/α-hetero) is 1. The van der Waals surface area contributed by atoms with Crippen LogP contribution in [0.1, 0.15) is 60.8 Å². The number of hydrogen-bond donors (Lipinski definition) is 0. The van der Waals surface area contributed by atoms with Gasteiger partial charge in [0, 0.05) is 29.0 Å². The third-order valence-corrected chi connectivity index (χ3v) is 4.50. The highest BCUT2D eigenvalue weighted by Crippen LogP contribution is 2.50. The zero-order valence-electron chi connectivity index (χ0n) is 11.6. The molecule has 0 aromatic rings. The lowest BCUT2D eigenvalue weighted by atomic mass is 9.73. The van der Waals surface area contributed by atoms with Crippen molar-refractivity contribution in [2.45, 2.75) is 77.9 Å². The standard InChI is InChI=1S/C14H25NO/c1-12(2)7-10-8-13(3,4)15(10)14(5,6)9-11(12)16/h10H,7-9H2,1-6H3. The molecule has 0 spiro atoms. The smallest absolute Gasteiger partial charge is 0.140 e. The molecule has 2 fully saturated rings. The fraction of sp³-hybridized carbons (Fsp3) is 0.929. The number of rotatable bonds is 0. The molecule has 1 unspecified atom stereocenters. The summed E-state index contributed by atoms with van der Waals surface area (Å²) in [6.07, 6.45) is 2.95. The SMILES string of the molecule is CC1(C)CC2CC(C)(C)N2C(C)(C)CC1=O. The van der Waals surface area contributed by atoms with Crippen LogP contribution in [0.5, 0.6) is 0 Å². The Bertz CT molecular complexity index is 328. The molecule has 0 N–H and O–H groups in total. The molecule has 2 heteroatoms. The minimum atomic E-state index is -0.132. The van der Waals surface area contributed by atoms with Gasteiger partial charge in [0.2, 0.25) is 0 Å². The van der Waals surface area contributed by atoms with Crippen molar-refractivity contribution < 1.29 is 4.79 Å². The molecule has 16 heavy (non-hydrogen) atoms. The Morgan fingerprint density at radius 1 is 1.00 bits per heavy atom. The largest absolute Gasteiger partial charge is 0.299 e. The Balaban J connectivity index is 2.34. The Labute approximate surface area is 99.4 Å². The van der Waals surface area contributed by atoms with E-state index in [1.807, 2.05) is 0 Å². The molecule has 0 radical (unpaired) electrons. The Morgan fingerprint density at radius 3 is 2.06 bits per heavy atom. The van der Waals surface area contributed by atoms with E-state index in [4.69, 9.17) is 0 Å². The van der Waals surface area contributed by atoms with Gasteiger partial charge in [-0.25, -0.2) is 0 Å². The van der Waals surface area contributed by atoms with Crippen LogP contribution in [0.25, 0.3) is 0 Å². The van der Waals surface area contributed by atoms with Gasteiger partial charge < -0.3 is 0 Å². The molecule has 2 nitrogen and oxygen atoms in total. The van der Waals surface area contributed by atoms with Gasteiger partial charge in [0.25, 0.3) is 0 Å². The van der Waals surface area contributed by atoms with Crippen LogP contribution in [-0.4, -0.2) is 27.8 Å². The number of carbonyl (C=O) groups excluding carboxylic acids is 1. The highest BCUT2D eigenvalue weighted by atomic mass is 16.1. The summed E-state index contributed by atoms with van der Waals surface area (Å²) in [7, 11) is 0. The molecular weight excluding hydrogens is 198 g/mol. The van der Waals surface area contributed by atoms with E-state index >= 15 is 0 Å². The minimum Gasteiger partial charge on any atom is -0.299 e. The van der Waals surface area contributed by atoms with Gasteiger partial charge in [-0.2, -0.15) is 0 Å². The maximum absolute atomic E-state index is 12.3. The summed E-state index contributed by atoms with van der Waals surface area (Å²) >= 11 is 0. The molecule has 2 heterocycles. The molecule has 0 saturated carbocycles. The molecule has 0 aliphatic carbocycles. The molecular formula is C14H25NO. The lowest BCUT2D eigenvalue weighted by Gasteiger charge is -2.61. The molecule has 0 aromatic heterocycles. The molecule has 2 saturated heterocycles. The summed E-state index contributed by atoms with van der Waals surface area (Å²) in [5.41, 5.74) is 0.166. The first kappa shape index (κ1) is 12.1. The van der Waals surface area contributed by atoms with Crippen molar-refractivity contribution in [1.82, 2.24) is 4.90 Å². The number of fused-ring (bicyclic) bond motifs is 1. The van der Waals surface area contributed by atoms with Crippen molar-refractivity contribution >= 4 is 5.78 Å². The van der Waals surface area contributed by atoms with Crippen LogP contribution in [0.3, 0.4) is 0 Å². The quantitative estimate of drug-likeness (QED) is 0.629. The predicted octanol–water partition coefficient (Wildman–Crippen LogP) is 3.01. The third kappa shape index (κ3) is 1.62. The molecule has 92 valence electrons. The molecule has 0 aromatic carbocycles. The van der Waals surface area contributed by atoms with Crippen LogP contribution in [0, 0.1) is 5.41 Å². The molecule has 0 amide bonds. The Morgan fingerprint density at radius 2 is 1.56 bits per heavy atom. The fourth-order valence-corrected chi connectivity index (χ4v) is 4.05. The molecule has 1 atom stereocenters. The van der Waals surface area contributed by atoms with Crippen molar-refractivity contribution in [3.05, 3.63) is 0 Å². The number of ketones is 1. The summed E-state index contributed by atoms with van der Waals surface area (Å²) < 4.78 is 0. The van der Waals surface area contributed by atoms with Crippen LogP contribution in [0.2, 0.25) is 0 Å². The zero-order valence-corrected chi connectivity index (χ0v) is 11.6. The molecule has 0 bridgehead atoms. The van der Waals surface area contributed by atoms with Crippen LogP contribution >= 0.6 is 0 Å². The number of carbonyl (C=O) groups is 1. The first-order valence-electron chi connectivity index (χ1n) is 6.39. The second kappa shape index (κ2) is 3.10. The summed E-state index contributed by atoms with van der Waals surface area (Å²) in [4.78, 5) is 14.8. The lowest BCUT2D eigenvalue weighted by Crippen LogP contribution is -2.69. The zero-order chi connectivity index (χ0) is 12.4. The summed E-state index contributed by atoms with van der Waals surface area (Å²) in [5, 5.41) is 0. The second-order valence-corrected chi connectivity index (χ2v) is 7.54. The molecule has 2 aliphatic heterocycles. The topological polar surface area (TPSA) is 20.3 Å². The lowest BCUT2D eigenvalue weighted by molar-refractivity contribution is -0.129. The van der Waals surface area contributed by atoms with Gasteiger partial charge in [-0.15, -0.1) is 0 Å². The highest BCUT2D eigenvalue weighted by Gasteiger charge is 2.56. The van der Waals surface area contributed by atoms with Crippen LogP contribution in [0.15, 0.2) is 0 Å². The minimum absolute atomic E-state index is 0.0251. The summed E-state index contributed by atoms with van der Waals surface area (Å²) in [6.45, 7) is 13.3. The Kier molecular flexibility index (Phi) is 2.34. The molecule has 2 rings (SSSR count). The monoisotopic (exact) mass is 223 g/mol. The van der Waals surface area contributed by atoms with Gasteiger partial charge in [-0.05, 0) is 40.5 Å². The van der Waals surface area contributed by atoms with Gasteiger partial charge in [0.15, 0.2) is 0 Å². The van der Waals surface area contributed by atoms with Crippen LogP contribution < -0.4 is 0 Å². The first-order valence-corrected chi connectivity index (χ1v) is 6.39. The van der Waals surface area contributed by atoms with Crippen molar-refractivity contribution in [2.24, 2.45) is 5.41 Å². The van der Waals surface area contributed by atoms with Gasteiger partial charge in [0.1, 0.15) is 5.78 Å². The number of hydrogen-bond acceptors (Lipinski definition) is 2. The van der Waals surface area contributed by atoms with E-state index in [1.54, 1.807) is 0 Å². The summed E-state index contributed by atoms with van der Waals surface area (Å²) in [6, 6.07) is 0.603. The predicted molar refractivity (Wildman–Crippen MR) is 66.4 cm³/mol. The Hall–Kier alpha value is -0.370. The first-order chi connectivity index (χ1) is 7.06. The van der Waals surface area contributed by atoms with E-state index < -0.39 is 0 Å². The average Bonchev–Trinajstić information content (AvgIpc) is 2.02. The second-order valence-electron chi connectivity index (χ2n) is 7.54. The third-order valence-electron chi connectivity index (χ3n) is 4.50. The maximum atomic E-state index is 12.3. The average molecular weight is 223 g/mol. The van der Waals surface area contributed by atoms with E-state index in [9.17, 15) is 4.79 Å². The van der Waals surface area contributed by atoms with Crippen molar-refractivity contribution in [1.29, 1.82) is 0 Å². The van der Waals surface area contributed by atoms with E-state index in [0.29, 0.717) is 18.2 Å². The van der Waals surface area contributed by atoms with Crippen LogP contribution in [0.4, 0.5) is 0 Å². The molecule has 2 aliphatic rings. The van der Waals surface area contributed by atoms with E-state index in [2.05, 4.69) is 46.4 Å². The van der Waals surface area contributed by atoms with Crippen molar-refractivity contribution in [3.63, 3.8) is 0 Å². The van der Waals surface area contributed by atoms with Crippen LogP contribution in [-0.2, 0) is 4.79 Å². The van der Waals surface area contributed by atoms with Crippen molar-refractivity contribution in [3.8, 4) is 0 Å². The maximum Gasteiger partial charge on any atom is 0.140 e. The van der Waals surface area contributed by atoms with E-state index in [-0.39, 0.29) is 16.5 Å². The van der Waals surface area contributed by atoms with Crippen molar-refractivity contribution in [2.75, 3.05) is 0 Å². The van der Waals surface area contributed by atoms with Gasteiger partial charge in [0.05, 0.1) is 0 Å². The summed E-state index contributed by atoms with van der Waals surface area (Å²) in [5.74, 6) is 0.433. The van der Waals surface area contributed by atoms with Gasteiger partial charge in [-0.3, -0.25) is 9.69 Å². The van der Waals surface area contributed by atoms with E-state index in [1.165, 1.54) is 6.42 Å². The number of nitrogens with zero attached hydrogens (tertiary/aromatic N) is 1. The fourth-order valence-electron chi connectivity index (χ4n) is 4.05. The van der Waals surface area contributed by atoms with Gasteiger partial charge >= 0.3 is 0 Å². The highest BCUT2D eigenvalue weighted by molar-refractivity contribution is 5.85.